The lowest BCUT2D eigenvalue weighted by Gasteiger charge is -2.39. The summed E-state index contributed by atoms with van der Waals surface area (Å²) in [6.45, 7) is 0. The van der Waals surface area contributed by atoms with Gasteiger partial charge in [-0.05, 0) is 53.6 Å². The zero-order chi connectivity index (χ0) is 24.1. The third kappa shape index (κ3) is 3.49. The molecule has 0 unspecified atom stereocenters. The summed E-state index contributed by atoms with van der Waals surface area (Å²) in [6.07, 6.45) is 0.975. The number of ether oxygens (including phenoxy) is 3. The molecule has 9 heteroatoms. The molecule has 0 aliphatic carbocycles. The van der Waals surface area contributed by atoms with Gasteiger partial charge in [0.2, 0.25) is 5.95 Å². The van der Waals surface area contributed by atoms with Gasteiger partial charge in [-0.2, -0.15) is 10.1 Å². The van der Waals surface area contributed by atoms with Crippen LogP contribution in [0.5, 0.6) is 17.2 Å². The first-order valence-corrected chi connectivity index (χ1v) is 11.3. The average Bonchev–Trinajstić information content (AvgIpc) is 3.35. The predicted molar refractivity (Wildman–Crippen MR) is 129 cm³/mol. The number of rotatable bonds is 4. The molecule has 0 bridgehead atoms. The van der Waals surface area contributed by atoms with Gasteiger partial charge >= 0.3 is 0 Å². The van der Waals surface area contributed by atoms with Crippen LogP contribution < -0.4 is 19.5 Å². The van der Waals surface area contributed by atoms with Crippen LogP contribution in [-0.4, -0.2) is 29.0 Å². The molecule has 0 amide bonds. The van der Waals surface area contributed by atoms with Gasteiger partial charge in [-0.25, -0.2) is 9.07 Å². The second-order valence-electron chi connectivity index (χ2n) is 8.19. The maximum atomic E-state index is 13.8. The summed E-state index contributed by atoms with van der Waals surface area (Å²) in [5, 5.41) is 8.52. The highest BCUT2D eigenvalue weighted by Crippen LogP contribution is 2.51. The molecule has 0 spiro atoms. The van der Waals surface area contributed by atoms with Crippen LogP contribution in [0.4, 0.5) is 10.3 Å². The van der Waals surface area contributed by atoms with E-state index in [4.69, 9.17) is 25.8 Å². The van der Waals surface area contributed by atoms with E-state index in [2.05, 4.69) is 15.4 Å². The number of methoxy groups -OCH3 is 2. The molecule has 1 N–H and O–H groups in total. The van der Waals surface area contributed by atoms with Crippen molar-refractivity contribution in [1.29, 1.82) is 0 Å². The Morgan fingerprint density at radius 1 is 0.971 bits per heavy atom. The molecule has 7 nitrogen and oxygen atoms in total. The van der Waals surface area contributed by atoms with E-state index in [1.54, 1.807) is 37.1 Å². The van der Waals surface area contributed by atoms with E-state index >= 15 is 0 Å². The normalized spacial score (nSPS) is 18.1. The highest BCUT2D eigenvalue weighted by molar-refractivity contribution is 6.30. The Balaban J connectivity index is 1.62. The van der Waals surface area contributed by atoms with Gasteiger partial charge in [0.25, 0.3) is 0 Å². The molecule has 0 fully saturated rings. The van der Waals surface area contributed by atoms with E-state index < -0.39 is 12.1 Å². The molecule has 1 aromatic heterocycles. The van der Waals surface area contributed by atoms with Crippen LogP contribution in [-0.2, 0) is 0 Å². The van der Waals surface area contributed by atoms with Gasteiger partial charge in [0.15, 0.2) is 11.5 Å². The van der Waals surface area contributed by atoms with Gasteiger partial charge < -0.3 is 19.5 Å². The zero-order valence-corrected chi connectivity index (χ0v) is 19.6. The Morgan fingerprint density at radius 2 is 1.74 bits per heavy atom. The largest absolute Gasteiger partial charge is 0.493 e. The van der Waals surface area contributed by atoms with Crippen molar-refractivity contribution < 1.29 is 18.6 Å². The van der Waals surface area contributed by atoms with Crippen LogP contribution in [0.3, 0.4) is 0 Å². The fourth-order valence-corrected chi connectivity index (χ4v) is 4.87. The number of fused-ring (bicyclic) bond motifs is 3. The SMILES string of the molecule is COc1ccc([C@H]2C3=C(Nc4ncnn42)c2cc(Cl)ccc2O[C@@H]3c2ccc(F)cc2)cc1OC. The molecule has 4 aromatic rings. The van der Waals surface area contributed by atoms with Crippen LogP contribution in [0.25, 0.3) is 5.70 Å². The van der Waals surface area contributed by atoms with E-state index in [1.807, 2.05) is 30.3 Å². The second kappa shape index (κ2) is 8.32. The predicted octanol–water partition coefficient (Wildman–Crippen LogP) is 5.65. The molecule has 3 aromatic carbocycles. The number of nitrogens with one attached hydrogen (secondary N) is 1. The number of aromatic nitrogens is 3. The molecule has 2 aliphatic rings. The van der Waals surface area contributed by atoms with Gasteiger partial charge in [0, 0.05) is 16.2 Å². The summed E-state index contributed by atoms with van der Waals surface area (Å²) in [5.74, 6) is 2.13. The van der Waals surface area contributed by atoms with Gasteiger partial charge in [0.05, 0.1) is 19.9 Å². The smallest absolute Gasteiger partial charge is 0.226 e. The summed E-state index contributed by atoms with van der Waals surface area (Å²) in [6, 6.07) is 17.1. The summed E-state index contributed by atoms with van der Waals surface area (Å²) in [5.41, 5.74) is 4.21. The number of nitrogens with zero attached hydrogens (tertiary/aromatic N) is 3. The molecule has 2 atom stereocenters. The van der Waals surface area contributed by atoms with Crippen LogP contribution >= 0.6 is 11.6 Å². The van der Waals surface area contributed by atoms with Crippen molar-refractivity contribution in [2.75, 3.05) is 19.5 Å². The van der Waals surface area contributed by atoms with Crippen LogP contribution in [0.1, 0.15) is 28.8 Å². The highest BCUT2D eigenvalue weighted by Gasteiger charge is 2.41. The maximum absolute atomic E-state index is 13.8. The number of hydrogen-bond acceptors (Lipinski definition) is 6. The van der Waals surface area contributed by atoms with E-state index in [0.717, 1.165) is 28.0 Å². The second-order valence-corrected chi connectivity index (χ2v) is 8.63. The Morgan fingerprint density at radius 3 is 2.51 bits per heavy atom. The van der Waals surface area contributed by atoms with Crippen molar-refractivity contribution in [3.8, 4) is 17.2 Å². The van der Waals surface area contributed by atoms with Crippen molar-refractivity contribution in [2.45, 2.75) is 12.1 Å². The molecule has 0 saturated heterocycles. The first kappa shape index (κ1) is 21.5. The zero-order valence-electron chi connectivity index (χ0n) is 18.8. The summed E-state index contributed by atoms with van der Waals surface area (Å²) in [7, 11) is 3.19. The minimum Gasteiger partial charge on any atom is -0.493 e. The Labute approximate surface area is 205 Å². The lowest BCUT2D eigenvalue weighted by atomic mass is 9.84. The van der Waals surface area contributed by atoms with Gasteiger partial charge in [-0.15, -0.1) is 0 Å². The first-order valence-electron chi connectivity index (χ1n) is 10.9. The molecule has 6 rings (SSSR count). The van der Waals surface area contributed by atoms with Crippen LogP contribution in [0, 0.1) is 5.82 Å². The number of halogens is 2. The third-order valence-corrected chi connectivity index (χ3v) is 6.51. The number of hydrogen-bond donors (Lipinski definition) is 1. The highest BCUT2D eigenvalue weighted by atomic mass is 35.5. The van der Waals surface area contributed by atoms with E-state index in [-0.39, 0.29) is 5.82 Å². The minimum absolute atomic E-state index is 0.317. The Hall–Kier alpha value is -4.04. The standard InChI is InChI=1S/C26H20ClFN4O3/c1-33-20-9-5-15(11-21(20)34-2)24-22-23(31-26-29-13-30-32(24)26)18-12-16(27)6-10-19(18)35-25(22)14-3-7-17(28)8-4-14/h3-13,24-25H,1-2H3,(H,29,30,31)/t24-,25+/m0/s1. The number of anilines is 1. The van der Waals surface area contributed by atoms with E-state index in [0.29, 0.717) is 28.2 Å². The lowest BCUT2D eigenvalue weighted by Crippen LogP contribution is -2.32. The molecule has 0 saturated carbocycles. The summed E-state index contributed by atoms with van der Waals surface area (Å²) < 4.78 is 33.1. The summed E-state index contributed by atoms with van der Waals surface area (Å²) in [4.78, 5) is 4.43. The van der Waals surface area contributed by atoms with Gasteiger partial charge in [-0.3, -0.25) is 0 Å². The van der Waals surface area contributed by atoms with Crippen molar-refractivity contribution in [1.82, 2.24) is 14.8 Å². The van der Waals surface area contributed by atoms with Crippen LogP contribution in [0.2, 0.25) is 5.02 Å². The molecule has 35 heavy (non-hydrogen) atoms. The third-order valence-electron chi connectivity index (χ3n) is 6.27. The lowest BCUT2D eigenvalue weighted by molar-refractivity contribution is 0.223. The van der Waals surface area contributed by atoms with Crippen molar-refractivity contribution >= 4 is 23.2 Å². The fraction of sp³-hybridized carbons (Fsp3) is 0.154. The monoisotopic (exact) mass is 490 g/mol. The first-order chi connectivity index (χ1) is 17.1. The quantitative estimate of drug-likeness (QED) is 0.399. The van der Waals surface area contributed by atoms with Crippen molar-refractivity contribution in [3.63, 3.8) is 0 Å². The Bertz CT molecular complexity index is 1470. The molecule has 176 valence electrons. The Kier molecular flexibility index (Phi) is 5.11. The average molecular weight is 491 g/mol. The van der Waals surface area contributed by atoms with Crippen molar-refractivity contribution in [3.05, 3.63) is 100 Å². The fourth-order valence-electron chi connectivity index (χ4n) is 4.70. The van der Waals surface area contributed by atoms with E-state index in [1.165, 1.54) is 18.5 Å². The maximum Gasteiger partial charge on any atom is 0.226 e. The van der Waals surface area contributed by atoms with Gasteiger partial charge in [0.1, 0.15) is 30.0 Å². The molecule has 2 aliphatic heterocycles. The van der Waals surface area contributed by atoms with Crippen molar-refractivity contribution in [2.24, 2.45) is 0 Å². The molecule has 3 heterocycles. The number of benzene rings is 3. The molecular weight excluding hydrogens is 471 g/mol. The summed E-state index contributed by atoms with van der Waals surface area (Å²) >= 11 is 6.37. The van der Waals surface area contributed by atoms with Gasteiger partial charge in [-0.1, -0.05) is 29.8 Å². The topological polar surface area (TPSA) is 70.4 Å². The molecule has 0 radical (unpaired) electrons. The minimum atomic E-state index is -0.526. The van der Waals surface area contributed by atoms with E-state index in [9.17, 15) is 4.39 Å². The van der Waals surface area contributed by atoms with Crippen LogP contribution in [0.15, 0.2) is 72.6 Å². The molecular formula is C26H20ClFN4O3.